The van der Waals surface area contributed by atoms with Gasteiger partial charge in [-0.1, -0.05) is 59.6 Å². The van der Waals surface area contributed by atoms with Crippen molar-refractivity contribution in [1.82, 2.24) is 29.7 Å². The summed E-state index contributed by atoms with van der Waals surface area (Å²) >= 11 is 23.6. The lowest BCUT2D eigenvalue weighted by molar-refractivity contribution is -0.128. The summed E-state index contributed by atoms with van der Waals surface area (Å²) in [5.41, 5.74) is 1.43. The lowest BCUT2D eigenvalue weighted by Gasteiger charge is -2.31. The second kappa shape index (κ2) is 21.4. The summed E-state index contributed by atoms with van der Waals surface area (Å²) in [7, 11) is 3.09. The minimum Gasteiger partial charge on any atom is -0.493 e. The predicted octanol–water partition coefficient (Wildman–Crippen LogP) is 10.8. The number of rotatable bonds is 12. The Kier molecular flexibility index (Phi) is 15.5. The van der Waals surface area contributed by atoms with Crippen LogP contribution >= 0.6 is 46.4 Å². The van der Waals surface area contributed by atoms with Gasteiger partial charge in [0.05, 0.1) is 56.7 Å². The molecule has 2 aliphatic heterocycles. The van der Waals surface area contributed by atoms with Crippen LogP contribution in [0.2, 0.25) is 20.1 Å². The number of methoxy groups -OCH3 is 2. The highest BCUT2D eigenvalue weighted by atomic mass is 35.5. The molecule has 20 heteroatoms. The summed E-state index contributed by atoms with van der Waals surface area (Å²) in [4.78, 5) is 44.2. The summed E-state index contributed by atoms with van der Waals surface area (Å²) in [6.45, 7) is 9.39. The van der Waals surface area contributed by atoms with Crippen LogP contribution in [-0.4, -0.2) is 94.2 Å². The molecule has 344 valence electrons. The van der Waals surface area contributed by atoms with Crippen molar-refractivity contribution in [3.05, 3.63) is 118 Å². The fourth-order valence-corrected chi connectivity index (χ4v) is 7.96. The highest BCUT2D eigenvalue weighted by Gasteiger charge is 2.26. The van der Waals surface area contributed by atoms with E-state index in [1.54, 1.807) is 48.3 Å². The summed E-state index contributed by atoms with van der Waals surface area (Å²) < 4.78 is 52.6. The fourth-order valence-electron chi connectivity index (χ4n) is 7.34. The number of nitrogens with zero attached hydrogens (tertiary/aromatic N) is 6. The Balaban J connectivity index is 0.000000196. The number of amides is 2. The molecule has 0 radical (unpaired) electrons. The van der Waals surface area contributed by atoms with Crippen molar-refractivity contribution < 1.29 is 37.3 Å². The van der Waals surface area contributed by atoms with E-state index < -0.39 is 11.6 Å². The zero-order valence-electron chi connectivity index (χ0n) is 35.6. The molecule has 0 aliphatic carbocycles. The number of hydrogen-bond acceptors (Lipinski definition) is 12. The van der Waals surface area contributed by atoms with Gasteiger partial charge in [-0.25, -0.2) is 28.7 Å². The van der Waals surface area contributed by atoms with Crippen molar-refractivity contribution in [3.63, 3.8) is 0 Å². The Morgan fingerprint density at radius 2 is 1.00 bits per heavy atom. The molecule has 66 heavy (non-hydrogen) atoms. The molecule has 4 aromatic carbocycles. The number of fused-ring (bicyclic) bond motifs is 2. The van der Waals surface area contributed by atoms with Crippen molar-refractivity contribution in [1.29, 1.82) is 0 Å². The van der Waals surface area contributed by atoms with E-state index in [4.69, 9.17) is 65.4 Å². The first-order chi connectivity index (χ1) is 31.8. The second-order valence-corrected chi connectivity index (χ2v) is 16.4. The quantitative estimate of drug-likeness (QED) is 0.0886. The summed E-state index contributed by atoms with van der Waals surface area (Å²) in [6.07, 6.45) is 7.86. The Morgan fingerprint density at radius 3 is 1.35 bits per heavy atom. The normalized spacial score (nSPS) is 14.2. The molecule has 14 nitrogen and oxygen atoms in total. The largest absolute Gasteiger partial charge is 0.493 e. The molecule has 0 spiro atoms. The van der Waals surface area contributed by atoms with Gasteiger partial charge in [-0.15, -0.1) is 0 Å². The maximum atomic E-state index is 14.6. The number of carbonyl (C=O) groups excluding carboxylic acids is 2. The van der Waals surface area contributed by atoms with E-state index in [-0.39, 0.29) is 55.5 Å². The van der Waals surface area contributed by atoms with E-state index in [2.05, 4.69) is 43.7 Å². The average molecular weight is 983 g/mol. The molecular formula is C46H42Cl4F2N8O6. The van der Waals surface area contributed by atoms with Gasteiger partial charge in [0.1, 0.15) is 36.5 Å². The number of piperidine rings is 2. The lowest BCUT2D eigenvalue weighted by atomic mass is 10.1. The number of carbonyl (C=O) groups is 2. The third-order valence-corrected chi connectivity index (χ3v) is 12.4. The Hall–Kier alpha value is -6.20. The highest BCUT2D eigenvalue weighted by Crippen LogP contribution is 2.40. The number of ether oxygens (including phenoxy) is 4. The van der Waals surface area contributed by atoms with Crippen molar-refractivity contribution in [2.75, 3.05) is 51.0 Å². The monoisotopic (exact) mass is 980 g/mol. The van der Waals surface area contributed by atoms with Crippen LogP contribution in [0.15, 0.2) is 86.5 Å². The van der Waals surface area contributed by atoms with Gasteiger partial charge in [0, 0.05) is 74.8 Å². The number of hydrogen-bond donors (Lipinski definition) is 2. The molecule has 2 saturated heterocycles. The smallest absolute Gasteiger partial charge is 0.245 e. The minimum absolute atomic E-state index is 0.0841. The SMILES string of the molecule is C=CC(=O)N1CCC(Oc2cc3c(Nc4ccc(Cl)c(Cl)c4F)ncnc3cc2OC)CC1.C=CC(=O)N1CCC(Oc2cc3c(Nc4ccc(Cl)c(Cl)c4F)ncnc3cc2OC)CC1. The highest BCUT2D eigenvalue weighted by molar-refractivity contribution is 6.42. The van der Waals surface area contributed by atoms with Crippen LogP contribution in [0.5, 0.6) is 23.0 Å². The van der Waals surface area contributed by atoms with Crippen molar-refractivity contribution in [2.45, 2.75) is 37.9 Å². The van der Waals surface area contributed by atoms with E-state index in [0.29, 0.717) is 108 Å². The van der Waals surface area contributed by atoms with E-state index in [1.807, 2.05) is 0 Å². The third kappa shape index (κ3) is 10.7. The molecule has 0 bridgehead atoms. The number of anilines is 4. The summed E-state index contributed by atoms with van der Waals surface area (Å²) in [5.74, 6) is 1.25. The van der Waals surface area contributed by atoms with Gasteiger partial charge < -0.3 is 39.4 Å². The molecule has 2 fully saturated rings. The number of aromatic nitrogens is 4. The minimum atomic E-state index is -0.679. The van der Waals surface area contributed by atoms with Crippen molar-refractivity contribution >= 4 is 103 Å². The first-order valence-electron chi connectivity index (χ1n) is 20.4. The maximum Gasteiger partial charge on any atom is 0.245 e. The first kappa shape index (κ1) is 47.8. The van der Waals surface area contributed by atoms with Crippen LogP contribution in [0.4, 0.5) is 31.8 Å². The zero-order chi connectivity index (χ0) is 47.1. The number of likely N-dealkylation sites (tertiary alicyclic amines) is 2. The van der Waals surface area contributed by atoms with Crippen LogP contribution in [0, 0.1) is 11.6 Å². The summed E-state index contributed by atoms with van der Waals surface area (Å²) in [6, 6.07) is 12.9. The number of benzene rings is 4. The third-order valence-electron chi connectivity index (χ3n) is 10.9. The molecule has 2 aliphatic rings. The molecule has 4 heterocycles. The van der Waals surface area contributed by atoms with Gasteiger partial charge in [-0.05, 0) is 48.6 Å². The summed E-state index contributed by atoms with van der Waals surface area (Å²) in [5, 5.41) is 7.02. The standard InChI is InChI=1S/2C23H21Cl2FN4O3/c2*1-3-20(31)30-8-6-13(7-9-30)33-19-10-14-17(11-18(19)32-2)27-12-28-23(14)29-16-5-4-15(24)21(25)22(16)26/h2*3-5,10-13H,1,6-9H2,2H3,(H,27,28,29). The predicted molar refractivity (Wildman–Crippen MR) is 252 cm³/mol. The van der Waals surface area contributed by atoms with E-state index in [9.17, 15) is 18.4 Å². The number of halogens is 6. The van der Waals surface area contributed by atoms with E-state index >= 15 is 0 Å². The van der Waals surface area contributed by atoms with Crippen LogP contribution < -0.4 is 29.6 Å². The molecular weight excluding hydrogens is 940 g/mol. The second-order valence-electron chi connectivity index (χ2n) is 14.9. The molecule has 8 rings (SSSR count). The average Bonchev–Trinajstić information content (AvgIpc) is 3.34. The first-order valence-corrected chi connectivity index (χ1v) is 22.0. The van der Waals surface area contributed by atoms with Crippen LogP contribution in [0.1, 0.15) is 25.7 Å². The Labute approximate surface area is 398 Å². The van der Waals surface area contributed by atoms with Gasteiger partial charge >= 0.3 is 0 Å². The topological polar surface area (TPSA) is 153 Å². The fraction of sp³-hybridized carbons (Fsp3) is 0.261. The van der Waals surface area contributed by atoms with E-state index in [0.717, 1.165) is 0 Å². The molecule has 0 atom stereocenters. The van der Waals surface area contributed by atoms with Gasteiger partial charge in [-0.2, -0.15) is 0 Å². The van der Waals surface area contributed by atoms with Crippen LogP contribution in [-0.2, 0) is 9.59 Å². The Bertz CT molecular complexity index is 2620. The molecule has 2 N–H and O–H groups in total. The van der Waals surface area contributed by atoms with Gasteiger partial charge in [-0.3, -0.25) is 9.59 Å². The zero-order valence-corrected chi connectivity index (χ0v) is 38.6. The maximum absolute atomic E-state index is 14.6. The van der Waals surface area contributed by atoms with Crippen molar-refractivity contribution in [3.8, 4) is 23.0 Å². The number of nitrogens with one attached hydrogen (secondary N) is 2. The molecule has 2 amide bonds. The molecule has 0 saturated carbocycles. The molecule has 6 aromatic rings. The van der Waals surface area contributed by atoms with Gasteiger partial charge in [0.2, 0.25) is 11.8 Å². The molecule has 0 unspecified atom stereocenters. The van der Waals surface area contributed by atoms with Crippen LogP contribution in [0.3, 0.4) is 0 Å². The van der Waals surface area contributed by atoms with Crippen molar-refractivity contribution in [2.24, 2.45) is 0 Å². The van der Waals surface area contributed by atoms with Gasteiger partial charge in [0.15, 0.2) is 34.6 Å². The lowest BCUT2D eigenvalue weighted by Crippen LogP contribution is -2.41. The van der Waals surface area contributed by atoms with E-state index in [1.165, 1.54) is 49.1 Å². The Morgan fingerprint density at radius 1 is 0.621 bits per heavy atom. The van der Waals surface area contributed by atoms with Gasteiger partial charge in [0.25, 0.3) is 0 Å². The van der Waals surface area contributed by atoms with Crippen LogP contribution in [0.25, 0.3) is 21.8 Å². The molecule has 2 aromatic heterocycles.